The Morgan fingerprint density at radius 1 is 0.362 bits per heavy atom. The number of hydrogen-bond acceptors (Lipinski definition) is 3. The number of aromatic nitrogens is 1. The van der Waals surface area contributed by atoms with E-state index in [1.807, 2.05) is 36.4 Å². The summed E-state index contributed by atoms with van der Waals surface area (Å²) < 4.78 is 6.68. The number of para-hydroxylation sites is 1. The molecular weight excluding hydrogens is 705 g/mol. The van der Waals surface area contributed by atoms with Crippen LogP contribution in [0.4, 0.5) is 0 Å². The van der Waals surface area contributed by atoms with Crippen LogP contribution in [-0.4, -0.2) is 4.98 Å². The zero-order valence-electron chi connectivity index (χ0n) is 31.6. The van der Waals surface area contributed by atoms with Crippen molar-refractivity contribution in [2.45, 2.75) is 5.41 Å². The van der Waals surface area contributed by atoms with Crippen molar-refractivity contribution >= 4 is 0 Å². The first-order valence-electron chi connectivity index (χ1n) is 19.5. The minimum atomic E-state index is -0.591. The third kappa shape index (κ3) is 6.14. The van der Waals surface area contributed by atoms with E-state index in [4.69, 9.17) is 9.72 Å². The van der Waals surface area contributed by atoms with Crippen LogP contribution in [0.1, 0.15) is 27.8 Å². The Labute approximate surface area is 338 Å². The molecule has 0 bridgehead atoms. The van der Waals surface area contributed by atoms with Crippen molar-refractivity contribution in [1.82, 2.24) is 4.98 Å². The van der Waals surface area contributed by atoms with Crippen LogP contribution in [0, 0.1) is 11.3 Å². The normalized spacial score (nSPS) is 12.4. The van der Waals surface area contributed by atoms with Gasteiger partial charge in [0.2, 0.25) is 0 Å². The molecule has 0 spiro atoms. The predicted molar refractivity (Wildman–Crippen MR) is 235 cm³/mol. The van der Waals surface area contributed by atoms with Gasteiger partial charge in [0.15, 0.2) is 0 Å². The molecule has 9 aromatic rings. The third-order valence-corrected chi connectivity index (χ3v) is 11.2. The summed E-state index contributed by atoms with van der Waals surface area (Å²) in [4.78, 5) is 5.18. The lowest BCUT2D eigenvalue weighted by atomic mass is 9.63. The van der Waals surface area contributed by atoms with Crippen LogP contribution in [-0.2, 0) is 5.41 Å². The number of pyridine rings is 1. The number of fused-ring (bicyclic) bond motifs is 2. The highest BCUT2D eigenvalue weighted by molar-refractivity contribution is 5.81. The van der Waals surface area contributed by atoms with Crippen LogP contribution in [0.15, 0.2) is 218 Å². The number of hydrogen-bond donors (Lipinski definition) is 0. The van der Waals surface area contributed by atoms with Crippen molar-refractivity contribution in [2.24, 2.45) is 0 Å². The zero-order chi connectivity index (χ0) is 38.9. The summed E-state index contributed by atoms with van der Waals surface area (Å²) in [6.07, 6.45) is 0. The lowest BCUT2D eigenvalue weighted by Gasteiger charge is -2.41. The quantitative estimate of drug-likeness (QED) is 0.163. The molecule has 0 unspecified atom stereocenters. The first-order chi connectivity index (χ1) is 28.7. The average Bonchev–Trinajstić information content (AvgIpc) is 3.31. The second kappa shape index (κ2) is 14.7. The highest BCUT2D eigenvalue weighted by Crippen LogP contribution is 2.55. The minimum absolute atomic E-state index is 0.591. The topological polar surface area (TPSA) is 45.9 Å². The fourth-order valence-corrected chi connectivity index (χ4v) is 8.46. The van der Waals surface area contributed by atoms with E-state index in [-0.39, 0.29) is 0 Å². The largest absolute Gasteiger partial charge is 0.457 e. The summed E-state index contributed by atoms with van der Waals surface area (Å²) in [5.74, 6) is 1.72. The van der Waals surface area contributed by atoms with E-state index < -0.39 is 5.41 Å². The molecule has 0 fully saturated rings. The van der Waals surface area contributed by atoms with Gasteiger partial charge in [-0.3, -0.25) is 0 Å². The molecule has 1 aromatic heterocycles. The number of benzene rings is 8. The molecule has 0 N–H and O–H groups in total. The summed E-state index contributed by atoms with van der Waals surface area (Å²) in [6, 6.07) is 78.6. The molecule has 1 aliphatic rings. The molecule has 0 amide bonds. The zero-order valence-corrected chi connectivity index (χ0v) is 31.6. The second-order valence-electron chi connectivity index (χ2n) is 14.6. The molecule has 3 heteroatoms. The fraction of sp³-hybridized carbons (Fsp3) is 0.0182. The number of ether oxygens (including phenoxy) is 1. The van der Waals surface area contributed by atoms with Crippen LogP contribution in [0.2, 0.25) is 0 Å². The monoisotopic (exact) mass is 740 g/mol. The molecule has 0 aliphatic carbocycles. The lowest BCUT2D eigenvalue weighted by Crippen LogP contribution is -2.34. The van der Waals surface area contributed by atoms with Gasteiger partial charge in [-0.05, 0) is 99.1 Å². The van der Waals surface area contributed by atoms with Crippen LogP contribution >= 0.6 is 0 Å². The second-order valence-corrected chi connectivity index (χ2v) is 14.6. The molecule has 0 radical (unpaired) electrons. The molecule has 8 aromatic carbocycles. The lowest BCUT2D eigenvalue weighted by molar-refractivity contribution is 0.434. The van der Waals surface area contributed by atoms with E-state index in [2.05, 4.69) is 188 Å². The van der Waals surface area contributed by atoms with E-state index in [0.717, 1.165) is 78.5 Å². The standard InChI is InChI=1S/C55H36N2O/c56-37-38-26-28-40(29-27-38)51-35-46(39-14-4-1-5-15-39)36-52(57-51)45-19-13-18-43(33-45)41-16-12-17-42(32-41)44-30-31-54-50(34-44)55(47-20-6-2-7-21-47,48-22-8-3-9-23-48)49-24-10-11-25-53(49)58-54/h1-36H. The Kier molecular flexibility index (Phi) is 8.78. The molecule has 1 aliphatic heterocycles. The molecule has 10 rings (SSSR count). The summed E-state index contributed by atoms with van der Waals surface area (Å²) >= 11 is 0. The van der Waals surface area contributed by atoms with E-state index >= 15 is 0 Å². The molecule has 2 heterocycles. The molecule has 0 saturated carbocycles. The maximum Gasteiger partial charge on any atom is 0.132 e. The maximum atomic E-state index is 9.40. The van der Waals surface area contributed by atoms with Gasteiger partial charge in [0.1, 0.15) is 11.5 Å². The molecule has 272 valence electrons. The summed E-state index contributed by atoms with van der Waals surface area (Å²) in [6.45, 7) is 0. The summed E-state index contributed by atoms with van der Waals surface area (Å²) in [7, 11) is 0. The van der Waals surface area contributed by atoms with Gasteiger partial charge in [-0.1, -0.05) is 164 Å². The van der Waals surface area contributed by atoms with Crippen molar-refractivity contribution in [3.63, 3.8) is 0 Å². The maximum absolute atomic E-state index is 9.40. The van der Waals surface area contributed by atoms with Crippen molar-refractivity contribution in [2.75, 3.05) is 0 Å². The molecule has 3 nitrogen and oxygen atoms in total. The number of rotatable bonds is 7. The first-order valence-corrected chi connectivity index (χ1v) is 19.5. The van der Waals surface area contributed by atoms with Gasteiger partial charge in [0.05, 0.1) is 28.4 Å². The van der Waals surface area contributed by atoms with Gasteiger partial charge in [-0.25, -0.2) is 4.98 Å². The number of nitriles is 1. The SMILES string of the molecule is N#Cc1ccc(-c2cc(-c3ccccc3)cc(-c3cccc(-c4cccc(-c5ccc6c(c5)C(c5ccccc5)(c5ccccc5)c5ccccc5O6)c4)c3)n2)cc1. The fourth-order valence-electron chi connectivity index (χ4n) is 8.46. The van der Waals surface area contributed by atoms with Crippen LogP contribution in [0.3, 0.4) is 0 Å². The smallest absolute Gasteiger partial charge is 0.132 e. The number of nitrogens with zero attached hydrogens (tertiary/aromatic N) is 2. The summed E-state index contributed by atoms with van der Waals surface area (Å²) in [5, 5.41) is 9.40. The molecular formula is C55H36N2O. The summed E-state index contributed by atoms with van der Waals surface area (Å²) in [5.41, 5.74) is 15.0. The molecule has 0 atom stereocenters. The highest BCUT2D eigenvalue weighted by Gasteiger charge is 2.45. The van der Waals surface area contributed by atoms with E-state index in [1.165, 1.54) is 11.1 Å². The Hall–Kier alpha value is -7.80. The Bertz CT molecular complexity index is 2930. The van der Waals surface area contributed by atoms with Crippen molar-refractivity contribution < 1.29 is 4.74 Å². The van der Waals surface area contributed by atoms with E-state index in [0.29, 0.717) is 5.56 Å². The van der Waals surface area contributed by atoms with Gasteiger partial charge in [-0.15, -0.1) is 0 Å². The van der Waals surface area contributed by atoms with Gasteiger partial charge in [-0.2, -0.15) is 5.26 Å². The average molecular weight is 741 g/mol. The van der Waals surface area contributed by atoms with Gasteiger partial charge < -0.3 is 4.74 Å². The van der Waals surface area contributed by atoms with E-state index in [9.17, 15) is 5.26 Å². The van der Waals surface area contributed by atoms with Crippen molar-refractivity contribution in [3.8, 4) is 73.5 Å². The Balaban J connectivity index is 1.08. The van der Waals surface area contributed by atoms with Gasteiger partial charge in [0, 0.05) is 22.3 Å². The van der Waals surface area contributed by atoms with Crippen molar-refractivity contribution in [1.29, 1.82) is 5.26 Å². The molecule has 0 saturated heterocycles. The van der Waals surface area contributed by atoms with Crippen LogP contribution < -0.4 is 4.74 Å². The predicted octanol–water partition coefficient (Wildman–Crippen LogP) is 13.8. The highest BCUT2D eigenvalue weighted by atomic mass is 16.5. The van der Waals surface area contributed by atoms with Gasteiger partial charge >= 0.3 is 0 Å². The van der Waals surface area contributed by atoms with Crippen molar-refractivity contribution in [3.05, 3.63) is 246 Å². The minimum Gasteiger partial charge on any atom is -0.457 e. The first kappa shape index (κ1) is 34.7. The van der Waals surface area contributed by atoms with Crippen LogP contribution in [0.25, 0.3) is 55.9 Å². The van der Waals surface area contributed by atoms with Gasteiger partial charge in [0.25, 0.3) is 0 Å². The van der Waals surface area contributed by atoms with E-state index in [1.54, 1.807) is 0 Å². The third-order valence-electron chi connectivity index (χ3n) is 11.2. The Morgan fingerprint density at radius 2 is 0.845 bits per heavy atom. The Morgan fingerprint density at radius 3 is 1.48 bits per heavy atom. The molecule has 58 heavy (non-hydrogen) atoms. The van der Waals surface area contributed by atoms with Crippen LogP contribution in [0.5, 0.6) is 11.5 Å².